The van der Waals surface area contributed by atoms with Crippen LogP contribution in [0.25, 0.3) is 0 Å². The Kier molecular flexibility index (Phi) is 7.29. The number of aryl methyl sites for hydroxylation is 1. The molecule has 0 saturated carbocycles. The molecule has 0 amide bonds. The van der Waals surface area contributed by atoms with Crippen molar-refractivity contribution in [2.75, 3.05) is 0 Å². The molecule has 2 aromatic rings. The highest BCUT2D eigenvalue weighted by Crippen LogP contribution is 2.37. The summed E-state index contributed by atoms with van der Waals surface area (Å²) in [4.78, 5) is 38.4. The molecule has 0 spiro atoms. The van der Waals surface area contributed by atoms with E-state index in [4.69, 9.17) is 13.9 Å². The molecule has 2 rings (SSSR count). The van der Waals surface area contributed by atoms with Crippen LogP contribution in [0.5, 0.6) is 11.5 Å². The van der Waals surface area contributed by atoms with Crippen LogP contribution in [0.2, 0.25) is 18.1 Å². The molecule has 9 nitrogen and oxygen atoms in total. The molecule has 1 aromatic heterocycles. The lowest BCUT2D eigenvalue weighted by molar-refractivity contribution is -0.384. The molecular weight excluding hydrogens is 420 g/mol. The minimum absolute atomic E-state index is 0.0135. The fourth-order valence-corrected chi connectivity index (χ4v) is 3.28. The summed E-state index contributed by atoms with van der Waals surface area (Å²) in [5.74, 6) is 0.0459. The maximum atomic E-state index is 12.2. The highest BCUT2D eigenvalue weighted by Gasteiger charge is 2.37. The first-order valence-corrected chi connectivity index (χ1v) is 12.5. The highest BCUT2D eigenvalue weighted by atomic mass is 28.4. The first-order chi connectivity index (χ1) is 14.4. The summed E-state index contributed by atoms with van der Waals surface area (Å²) in [6.45, 7) is 12.3. The summed E-state index contributed by atoms with van der Waals surface area (Å²) in [5, 5.41) is 10.7. The van der Waals surface area contributed by atoms with Gasteiger partial charge in [0, 0.05) is 23.9 Å². The molecule has 0 aliphatic rings. The number of nitro groups is 1. The maximum absolute atomic E-state index is 12.2. The Bertz CT molecular complexity index is 982. The topological polar surface area (TPSA) is 118 Å². The van der Waals surface area contributed by atoms with Gasteiger partial charge in [-0.3, -0.25) is 19.9 Å². The van der Waals surface area contributed by atoms with Crippen LogP contribution in [0.3, 0.4) is 0 Å². The fraction of sp³-hybridized carbons (Fsp3) is 0.381. The van der Waals surface area contributed by atoms with Gasteiger partial charge in [0.05, 0.1) is 22.8 Å². The van der Waals surface area contributed by atoms with E-state index in [0.29, 0.717) is 17.5 Å². The van der Waals surface area contributed by atoms with Crippen molar-refractivity contribution >= 4 is 26.4 Å². The second kappa shape index (κ2) is 9.35. The first-order valence-electron chi connectivity index (χ1n) is 9.57. The fourth-order valence-electron chi connectivity index (χ4n) is 2.33. The average Bonchev–Trinajstić information content (AvgIpc) is 2.67. The average molecular weight is 447 g/mol. The number of benzene rings is 1. The standard InChI is InChI=1S/C21H26N2O7Si/c1-14-19(30-20(25)29-17-9-7-16(8-10-17)23(26)27)18(12-24)15(11-22-14)13-28-31(5,6)21(2,3)4/h7-12H,13H2,1-6H3. The predicted molar refractivity (Wildman–Crippen MR) is 116 cm³/mol. The molecule has 0 aliphatic carbocycles. The van der Waals surface area contributed by atoms with E-state index >= 15 is 0 Å². The van der Waals surface area contributed by atoms with E-state index in [9.17, 15) is 19.7 Å². The summed E-state index contributed by atoms with van der Waals surface area (Å²) in [5.41, 5.74) is 0.854. The molecule has 0 fully saturated rings. The van der Waals surface area contributed by atoms with Crippen LogP contribution in [0.4, 0.5) is 10.5 Å². The van der Waals surface area contributed by atoms with Crippen LogP contribution in [-0.2, 0) is 11.0 Å². The van der Waals surface area contributed by atoms with Gasteiger partial charge in [-0.2, -0.15) is 0 Å². The Morgan fingerprint density at radius 3 is 2.32 bits per heavy atom. The van der Waals surface area contributed by atoms with Gasteiger partial charge in [-0.05, 0) is 37.2 Å². The Labute approximate surface area is 181 Å². The molecule has 0 bridgehead atoms. The van der Waals surface area contributed by atoms with Crippen molar-refractivity contribution in [3.63, 3.8) is 0 Å². The van der Waals surface area contributed by atoms with E-state index < -0.39 is 19.4 Å². The number of hydrogen-bond acceptors (Lipinski definition) is 8. The Hall–Kier alpha value is -3.11. The van der Waals surface area contributed by atoms with Gasteiger partial charge in [0.25, 0.3) is 5.69 Å². The minimum atomic E-state index is -2.07. The number of rotatable bonds is 7. The zero-order valence-corrected chi connectivity index (χ0v) is 19.4. The van der Waals surface area contributed by atoms with Crippen molar-refractivity contribution in [2.24, 2.45) is 0 Å². The van der Waals surface area contributed by atoms with Crippen LogP contribution in [0.1, 0.15) is 42.4 Å². The zero-order valence-electron chi connectivity index (χ0n) is 18.4. The number of carbonyl (C=O) groups is 2. The number of carbonyl (C=O) groups excluding carboxylic acids is 2. The van der Waals surface area contributed by atoms with Crippen LogP contribution >= 0.6 is 0 Å². The first kappa shape index (κ1) is 24.2. The third-order valence-corrected chi connectivity index (χ3v) is 9.76. The smallest absolute Gasteiger partial charge is 0.412 e. The number of nitrogens with zero attached hydrogens (tertiary/aromatic N) is 2. The van der Waals surface area contributed by atoms with Crippen molar-refractivity contribution in [2.45, 2.75) is 52.4 Å². The largest absolute Gasteiger partial charge is 0.519 e. The summed E-state index contributed by atoms with van der Waals surface area (Å²) in [6.07, 6.45) is 1.03. The minimum Gasteiger partial charge on any atom is -0.412 e. The van der Waals surface area contributed by atoms with Crippen molar-refractivity contribution in [3.8, 4) is 11.5 Å². The normalized spacial score (nSPS) is 11.7. The molecule has 0 saturated heterocycles. The third-order valence-electron chi connectivity index (χ3n) is 5.28. The van der Waals surface area contributed by atoms with Crippen molar-refractivity contribution in [3.05, 3.63) is 57.4 Å². The number of aromatic nitrogens is 1. The molecular formula is C21H26N2O7Si. The molecule has 0 radical (unpaired) electrons. The molecule has 166 valence electrons. The Morgan fingerprint density at radius 2 is 1.81 bits per heavy atom. The molecule has 1 heterocycles. The third kappa shape index (κ3) is 5.95. The van der Waals surface area contributed by atoms with E-state index in [0.717, 1.165) is 0 Å². The molecule has 0 unspecified atom stereocenters. The number of aldehydes is 1. The van der Waals surface area contributed by atoms with E-state index in [1.54, 1.807) is 6.92 Å². The molecule has 0 N–H and O–H groups in total. The number of hydrogen-bond donors (Lipinski definition) is 0. The lowest BCUT2D eigenvalue weighted by atomic mass is 10.1. The van der Waals surface area contributed by atoms with Gasteiger partial charge in [-0.15, -0.1) is 0 Å². The quantitative estimate of drug-likeness (QED) is 0.142. The van der Waals surface area contributed by atoms with E-state index in [1.807, 2.05) is 0 Å². The molecule has 0 atom stereocenters. The maximum Gasteiger partial charge on any atom is 0.519 e. The molecule has 10 heteroatoms. The van der Waals surface area contributed by atoms with Gasteiger partial charge in [0.2, 0.25) is 0 Å². The van der Waals surface area contributed by atoms with Gasteiger partial charge in [-0.25, -0.2) is 4.79 Å². The van der Waals surface area contributed by atoms with E-state index in [2.05, 4.69) is 38.8 Å². The van der Waals surface area contributed by atoms with E-state index in [-0.39, 0.29) is 34.4 Å². The Morgan fingerprint density at radius 1 is 1.19 bits per heavy atom. The summed E-state index contributed by atoms with van der Waals surface area (Å²) >= 11 is 0. The number of pyridine rings is 1. The SMILES string of the molecule is Cc1ncc(CO[Si](C)(C)C(C)(C)C)c(C=O)c1OC(=O)Oc1ccc([N+](=O)[O-])cc1. The second-order valence-corrected chi connectivity index (χ2v) is 13.3. The van der Waals surface area contributed by atoms with Crippen LogP contribution in [0, 0.1) is 17.0 Å². The van der Waals surface area contributed by atoms with Crippen molar-refractivity contribution in [1.29, 1.82) is 0 Å². The molecule has 1 aromatic carbocycles. The van der Waals surface area contributed by atoms with Gasteiger partial charge in [0.15, 0.2) is 20.4 Å². The van der Waals surface area contributed by atoms with Gasteiger partial charge in [0.1, 0.15) is 5.75 Å². The lowest BCUT2D eigenvalue weighted by Gasteiger charge is -2.36. The monoisotopic (exact) mass is 446 g/mol. The second-order valence-electron chi connectivity index (χ2n) is 8.48. The van der Waals surface area contributed by atoms with Crippen molar-refractivity contribution < 1.29 is 28.4 Å². The Balaban J connectivity index is 2.20. The molecule has 31 heavy (non-hydrogen) atoms. The van der Waals surface area contributed by atoms with Crippen LogP contribution < -0.4 is 9.47 Å². The lowest BCUT2D eigenvalue weighted by Crippen LogP contribution is -2.40. The van der Waals surface area contributed by atoms with Gasteiger partial charge >= 0.3 is 6.16 Å². The summed E-state index contributed by atoms with van der Waals surface area (Å²) in [6, 6.07) is 4.94. The zero-order chi connectivity index (χ0) is 23.4. The number of nitro benzene ring substituents is 1. The van der Waals surface area contributed by atoms with Gasteiger partial charge < -0.3 is 13.9 Å². The van der Waals surface area contributed by atoms with Crippen LogP contribution in [0.15, 0.2) is 30.5 Å². The highest BCUT2D eigenvalue weighted by molar-refractivity contribution is 6.74. The number of ether oxygens (including phenoxy) is 2. The summed E-state index contributed by atoms with van der Waals surface area (Å²) in [7, 11) is -2.07. The number of non-ortho nitro benzene ring substituents is 1. The van der Waals surface area contributed by atoms with Crippen LogP contribution in [-0.4, -0.2) is 30.7 Å². The summed E-state index contributed by atoms with van der Waals surface area (Å²) < 4.78 is 16.5. The predicted octanol–water partition coefficient (Wildman–Crippen LogP) is 5.21. The van der Waals surface area contributed by atoms with Gasteiger partial charge in [-0.1, -0.05) is 20.8 Å². The molecule has 0 aliphatic heterocycles. The van der Waals surface area contributed by atoms with E-state index in [1.165, 1.54) is 30.5 Å². The van der Waals surface area contributed by atoms with Crippen molar-refractivity contribution in [1.82, 2.24) is 4.98 Å².